The molecule has 4 N–H and O–H groups in total. The van der Waals surface area contributed by atoms with Crippen LogP contribution in [0.15, 0.2) is 29.5 Å². The molecule has 0 bridgehead atoms. The van der Waals surface area contributed by atoms with Crippen molar-refractivity contribution in [3.8, 4) is 0 Å². The van der Waals surface area contributed by atoms with E-state index in [-0.39, 0.29) is 0 Å². The van der Waals surface area contributed by atoms with Gasteiger partial charge in [-0.1, -0.05) is 0 Å². The quantitative estimate of drug-likeness (QED) is 0.296. The molecule has 1 rings (SSSR count). The minimum absolute atomic E-state index is 0.290. The predicted molar refractivity (Wildman–Crippen MR) is 80.0 cm³/mol. The van der Waals surface area contributed by atoms with Crippen molar-refractivity contribution in [1.82, 2.24) is 15.6 Å². The van der Waals surface area contributed by atoms with Crippen LogP contribution in [0.3, 0.4) is 0 Å². The lowest BCUT2D eigenvalue weighted by Crippen LogP contribution is -2.43. The van der Waals surface area contributed by atoms with Crippen LogP contribution in [-0.2, 0) is 11.2 Å². The van der Waals surface area contributed by atoms with Gasteiger partial charge in [-0.2, -0.15) is 0 Å². The smallest absolute Gasteiger partial charge is 0.194 e. The second-order valence-corrected chi connectivity index (χ2v) is 4.15. The molecule has 19 heavy (non-hydrogen) atoms. The molecule has 0 aliphatic rings. The maximum atomic E-state index is 5.65. The highest BCUT2D eigenvalue weighted by Crippen LogP contribution is 1.95. The Labute approximate surface area is 118 Å². The van der Waals surface area contributed by atoms with Crippen LogP contribution in [0.25, 0.3) is 0 Å². The van der Waals surface area contributed by atoms with Crippen LogP contribution in [0.4, 0.5) is 0 Å². The lowest BCUT2D eigenvalue weighted by molar-refractivity contribution is 0.208. The molecular formula is C12H19N5OS. The molecule has 0 aromatic carbocycles. The minimum Gasteiger partial charge on any atom is -0.383 e. The van der Waals surface area contributed by atoms with Crippen LogP contribution in [-0.4, -0.2) is 42.9 Å². The first kappa shape index (κ1) is 15.3. The topological polar surface area (TPSA) is 84.6 Å². The molecule has 104 valence electrons. The number of thiocarbonyl (C=S) groups is 1. The van der Waals surface area contributed by atoms with Gasteiger partial charge < -0.3 is 21.1 Å². The van der Waals surface area contributed by atoms with Gasteiger partial charge in [-0.05, 0) is 36.3 Å². The lowest BCUT2D eigenvalue weighted by Gasteiger charge is -2.09. The molecule has 6 nitrogen and oxygen atoms in total. The van der Waals surface area contributed by atoms with Gasteiger partial charge in [0, 0.05) is 26.0 Å². The van der Waals surface area contributed by atoms with Gasteiger partial charge in [-0.25, -0.2) is 0 Å². The molecule has 0 atom stereocenters. The second kappa shape index (κ2) is 9.23. The number of aliphatic imine (C=N–C) groups is 1. The zero-order valence-electron chi connectivity index (χ0n) is 10.9. The van der Waals surface area contributed by atoms with Crippen LogP contribution in [0.5, 0.6) is 0 Å². The molecule has 0 radical (unpaired) electrons. The Kier molecular flexibility index (Phi) is 7.45. The van der Waals surface area contributed by atoms with E-state index in [1.807, 2.05) is 12.1 Å². The van der Waals surface area contributed by atoms with Crippen molar-refractivity contribution in [3.63, 3.8) is 0 Å². The van der Waals surface area contributed by atoms with E-state index in [4.69, 9.17) is 22.7 Å². The maximum absolute atomic E-state index is 5.65. The minimum atomic E-state index is 0.290. The Hall–Kier alpha value is -1.73. The Balaban J connectivity index is 2.19. The van der Waals surface area contributed by atoms with Crippen LogP contribution < -0.4 is 16.4 Å². The van der Waals surface area contributed by atoms with Crippen LogP contribution in [0.2, 0.25) is 0 Å². The van der Waals surface area contributed by atoms with Crippen LogP contribution >= 0.6 is 12.2 Å². The van der Waals surface area contributed by atoms with Crippen LogP contribution in [0, 0.1) is 0 Å². The molecule has 1 aromatic heterocycles. The molecule has 0 aliphatic carbocycles. The van der Waals surface area contributed by atoms with Crippen molar-refractivity contribution in [1.29, 1.82) is 0 Å². The maximum Gasteiger partial charge on any atom is 0.194 e. The number of nitrogens with zero attached hydrogens (tertiary/aromatic N) is 2. The molecule has 0 saturated heterocycles. The SMILES string of the molecule is COCCN=C(N)NC(=S)NCCc1ccncc1. The van der Waals surface area contributed by atoms with E-state index in [1.165, 1.54) is 5.56 Å². The number of rotatable bonds is 6. The highest BCUT2D eigenvalue weighted by molar-refractivity contribution is 7.80. The highest BCUT2D eigenvalue weighted by Gasteiger charge is 1.98. The first-order valence-electron chi connectivity index (χ1n) is 5.95. The van der Waals surface area contributed by atoms with E-state index < -0.39 is 0 Å². The molecule has 0 spiro atoms. The zero-order valence-corrected chi connectivity index (χ0v) is 11.7. The van der Waals surface area contributed by atoms with E-state index >= 15 is 0 Å². The van der Waals surface area contributed by atoms with Gasteiger partial charge in [0.05, 0.1) is 13.2 Å². The summed E-state index contributed by atoms with van der Waals surface area (Å²) in [5.74, 6) is 0.290. The number of nitrogens with two attached hydrogens (primary N) is 1. The summed E-state index contributed by atoms with van der Waals surface area (Å²) in [6.07, 6.45) is 4.41. The monoisotopic (exact) mass is 281 g/mol. The Morgan fingerprint density at radius 2 is 2.21 bits per heavy atom. The summed E-state index contributed by atoms with van der Waals surface area (Å²) in [6.45, 7) is 1.76. The second-order valence-electron chi connectivity index (χ2n) is 3.75. The first-order valence-corrected chi connectivity index (χ1v) is 6.36. The molecule has 0 aliphatic heterocycles. The van der Waals surface area contributed by atoms with Crippen molar-refractivity contribution in [3.05, 3.63) is 30.1 Å². The Morgan fingerprint density at radius 1 is 1.47 bits per heavy atom. The molecule has 1 aromatic rings. The van der Waals surface area contributed by atoms with Gasteiger partial charge in [0.15, 0.2) is 11.1 Å². The zero-order chi connectivity index (χ0) is 13.9. The van der Waals surface area contributed by atoms with Crippen molar-refractivity contribution in [2.45, 2.75) is 6.42 Å². The number of hydrogen-bond acceptors (Lipinski definition) is 4. The molecular weight excluding hydrogens is 262 g/mol. The van der Waals surface area contributed by atoms with Gasteiger partial charge in [0.2, 0.25) is 0 Å². The van der Waals surface area contributed by atoms with Crippen molar-refractivity contribution >= 4 is 23.3 Å². The van der Waals surface area contributed by atoms with Crippen LogP contribution in [0.1, 0.15) is 5.56 Å². The van der Waals surface area contributed by atoms with E-state index in [9.17, 15) is 0 Å². The highest BCUT2D eigenvalue weighted by atomic mass is 32.1. The van der Waals surface area contributed by atoms with E-state index in [1.54, 1.807) is 19.5 Å². The third kappa shape index (κ3) is 7.32. The number of pyridine rings is 1. The molecule has 0 saturated carbocycles. The van der Waals surface area contributed by atoms with E-state index in [0.717, 1.165) is 13.0 Å². The fourth-order valence-electron chi connectivity index (χ4n) is 1.33. The van der Waals surface area contributed by atoms with E-state index in [2.05, 4.69) is 20.6 Å². The van der Waals surface area contributed by atoms with Crippen molar-refractivity contribution in [2.75, 3.05) is 26.8 Å². The summed E-state index contributed by atoms with van der Waals surface area (Å²) >= 11 is 5.10. The summed E-state index contributed by atoms with van der Waals surface area (Å²) in [5.41, 5.74) is 6.85. The molecule has 0 fully saturated rings. The molecule has 0 amide bonds. The van der Waals surface area contributed by atoms with Gasteiger partial charge >= 0.3 is 0 Å². The fourth-order valence-corrected chi connectivity index (χ4v) is 1.53. The fraction of sp³-hybridized carbons (Fsp3) is 0.417. The standard InChI is InChI=1S/C12H19N5OS/c1-18-9-8-15-11(13)17-12(19)16-7-4-10-2-5-14-6-3-10/h2-3,5-6H,4,7-9H2,1H3,(H4,13,15,16,17,19). The third-order valence-corrected chi connectivity index (χ3v) is 2.51. The van der Waals surface area contributed by atoms with Gasteiger partial charge in [-0.15, -0.1) is 0 Å². The number of methoxy groups -OCH3 is 1. The van der Waals surface area contributed by atoms with E-state index in [0.29, 0.717) is 24.2 Å². The first-order chi connectivity index (χ1) is 9.22. The van der Waals surface area contributed by atoms with Gasteiger partial charge in [0.1, 0.15) is 0 Å². The summed E-state index contributed by atoms with van der Waals surface area (Å²) in [6, 6.07) is 3.94. The average Bonchev–Trinajstić information content (AvgIpc) is 2.40. The summed E-state index contributed by atoms with van der Waals surface area (Å²) in [4.78, 5) is 8.01. The number of guanidine groups is 1. The van der Waals surface area contributed by atoms with Crippen molar-refractivity contribution in [2.24, 2.45) is 10.7 Å². The summed E-state index contributed by atoms with van der Waals surface area (Å²) < 4.78 is 4.87. The number of aromatic nitrogens is 1. The number of nitrogens with one attached hydrogen (secondary N) is 2. The van der Waals surface area contributed by atoms with Gasteiger partial charge in [-0.3, -0.25) is 9.98 Å². The molecule has 0 unspecified atom stereocenters. The molecule has 7 heteroatoms. The van der Waals surface area contributed by atoms with Gasteiger partial charge in [0.25, 0.3) is 0 Å². The normalized spacial score (nSPS) is 11.1. The summed E-state index contributed by atoms with van der Waals surface area (Å²) in [5, 5.41) is 6.33. The Morgan fingerprint density at radius 3 is 2.89 bits per heavy atom. The van der Waals surface area contributed by atoms with Crippen molar-refractivity contribution < 1.29 is 4.74 Å². The average molecular weight is 281 g/mol. The molecule has 1 heterocycles. The summed E-state index contributed by atoms with van der Waals surface area (Å²) in [7, 11) is 1.62. The third-order valence-electron chi connectivity index (χ3n) is 2.27. The lowest BCUT2D eigenvalue weighted by atomic mass is 10.2. The largest absolute Gasteiger partial charge is 0.383 e. The Bertz CT molecular complexity index is 410. The predicted octanol–water partition coefficient (Wildman–Crippen LogP) is 0.0493. The number of ether oxygens (including phenoxy) is 1. The number of hydrogen-bond donors (Lipinski definition) is 3.